The van der Waals surface area contributed by atoms with Gasteiger partial charge in [0.1, 0.15) is 0 Å². The van der Waals surface area contributed by atoms with Gasteiger partial charge in [-0.1, -0.05) is 6.92 Å². The minimum atomic E-state index is 0.0847. The Morgan fingerprint density at radius 1 is 1.29 bits per heavy atom. The molecule has 2 amide bonds. The van der Waals surface area contributed by atoms with Crippen molar-refractivity contribution in [1.29, 1.82) is 0 Å². The van der Waals surface area contributed by atoms with Gasteiger partial charge in [0.05, 0.1) is 0 Å². The van der Waals surface area contributed by atoms with Crippen LogP contribution in [0.25, 0.3) is 0 Å². The quantitative estimate of drug-likeness (QED) is 0.818. The molecule has 2 fully saturated rings. The Bertz CT molecular complexity index is 602. The molecule has 1 saturated carbocycles. The van der Waals surface area contributed by atoms with Crippen LogP contribution < -0.4 is 4.90 Å². The number of nitrogens with zero attached hydrogens (tertiary/aromatic N) is 2. The van der Waals surface area contributed by atoms with Crippen molar-refractivity contribution in [2.24, 2.45) is 0 Å². The average Bonchev–Trinajstić information content (AvgIpc) is 3.23. The standard InChI is InChI=1S/C19H26N2O2S/c1-3-24-17-11-10-16(13-17)20(2)19(23)14-6-8-15(9-7-14)21-12-4-5-18(21)22/h6-9,16-17H,3-5,10-13H2,1-2H3/t16-,17-/m0/s1. The van der Waals surface area contributed by atoms with Gasteiger partial charge in [-0.25, -0.2) is 0 Å². The van der Waals surface area contributed by atoms with Gasteiger partial charge < -0.3 is 9.80 Å². The molecule has 0 aromatic heterocycles. The second kappa shape index (κ2) is 7.60. The molecular weight excluding hydrogens is 320 g/mol. The van der Waals surface area contributed by atoms with E-state index in [4.69, 9.17) is 0 Å². The predicted octanol–water partition coefficient (Wildman–Crippen LogP) is 3.56. The number of hydrogen-bond acceptors (Lipinski definition) is 3. The average molecular weight is 346 g/mol. The third kappa shape index (κ3) is 3.61. The summed E-state index contributed by atoms with van der Waals surface area (Å²) >= 11 is 2.01. The Labute approximate surface area is 148 Å². The molecule has 1 heterocycles. The number of amides is 2. The zero-order valence-corrected chi connectivity index (χ0v) is 15.3. The molecule has 0 unspecified atom stereocenters. The first kappa shape index (κ1) is 17.3. The maximum Gasteiger partial charge on any atom is 0.253 e. The fraction of sp³-hybridized carbons (Fsp3) is 0.579. The molecular formula is C19H26N2O2S. The van der Waals surface area contributed by atoms with Gasteiger partial charge in [-0.2, -0.15) is 11.8 Å². The van der Waals surface area contributed by atoms with Crippen LogP contribution in [0.1, 0.15) is 49.4 Å². The van der Waals surface area contributed by atoms with Crippen molar-refractivity contribution in [1.82, 2.24) is 4.90 Å². The molecule has 5 heteroatoms. The van der Waals surface area contributed by atoms with Crippen LogP contribution >= 0.6 is 11.8 Å². The van der Waals surface area contributed by atoms with Gasteiger partial charge in [0.2, 0.25) is 5.91 Å². The van der Waals surface area contributed by atoms with Crippen LogP contribution in [0.3, 0.4) is 0 Å². The highest BCUT2D eigenvalue weighted by Crippen LogP contribution is 2.32. The van der Waals surface area contributed by atoms with Gasteiger partial charge in [-0.3, -0.25) is 9.59 Å². The third-order valence-electron chi connectivity index (χ3n) is 5.13. The normalized spacial score (nSPS) is 23.8. The van der Waals surface area contributed by atoms with Gasteiger partial charge in [0.25, 0.3) is 5.91 Å². The van der Waals surface area contributed by atoms with Gasteiger partial charge in [0.15, 0.2) is 0 Å². The summed E-state index contributed by atoms with van der Waals surface area (Å²) < 4.78 is 0. The SMILES string of the molecule is CCS[C@H]1CC[C@H](N(C)C(=O)c2ccc(N3CCCC3=O)cc2)C1. The molecule has 0 N–H and O–H groups in total. The summed E-state index contributed by atoms with van der Waals surface area (Å²) in [6.45, 7) is 2.98. The maximum atomic E-state index is 12.7. The number of rotatable bonds is 5. The minimum Gasteiger partial charge on any atom is -0.339 e. The Hall–Kier alpha value is -1.49. The first-order chi connectivity index (χ1) is 11.6. The molecule has 1 aromatic rings. The number of anilines is 1. The van der Waals surface area contributed by atoms with Crippen LogP contribution in [0.5, 0.6) is 0 Å². The lowest BCUT2D eigenvalue weighted by molar-refractivity contribution is -0.117. The summed E-state index contributed by atoms with van der Waals surface area (Å²) in [5.74, 6) is 1.41. The summed E-state index contributed by atoms with van der Waals surface area (Å²) in [7, 11) is 1.92. The maximum absolute atomic E-state index is 12.7. The minimum absolute atomic E-state index is 0.0847. The molecule has 0 radical (unpaired) electrons. The van der Waals surface area contributed by atoms with E-state index in [0.29, 0.717) is 23.3 Å². The Morgan fingerprint density at radius 3 is 2.67 bits per heavy atom. The number of carbonyl (C=O) groups excluding carboxylic acids is 2. The summed E-state index contributed by atoms with van der Waals surface area (Å²) in [5, 5.41) is 0.693. The number of benzene rings is 1. The van der Waals surface area contributed by atoms with Crippen molar-refractivity contribution in [3.63, 3.8) is 0 Å². The Balaban J connectivity index is 1.63. The molecule has 130 valence electrons. The molecule has 0 spiro atoms. The van der Waals surface area contributed by atoms with Crippen molar-refractivity contribution in [3.05, 3.63) is 29.8 Å². The van der Waals surface area contributed by atoms with Gasteiger partial charge >= 0.3 is 0 Å². The van der Waals surface area contributed by atoms with E-state index in [1.807, 2.05) is 52.9 Å². The summed E-state index contributed by atoms with van der Waals surface area (Å²) in [6, 6.07) is 7.85. The van der Waals surface area contributed by atoms with Crippen LogP contribution in [0.4, 0.5) is 5.69 Å². The Morgan fingerprint density at radius 2 is 2.04 bits per heavy atom. The Kier molecular flexibility index (Phi) is 5.49. The monoisotopic (exact) mass is 346 g/mol. The van der Waals surface area contributed by atoms with Crippen molar-refractivity contribution >= 4 is 29.3 Å². The molecule has 2 aliphatic rings. The van der Waals surface area contributed by atoms with E-state index in [2.05, 4.69) is 6.92 Å². The fourth-order valence-electron chi connectivity index (χ4n) is 3.73. The second-order valence-electron chi connectivity index (χ2n) is 6.66. The smallest absolute Gasteiger partial charge is 0.253 e. The van der Waals surface area contributed by atoms with Gasteiger partial charge in [-0.05, 0) is 55.7 Å². The first-order valence-corrected chi connectivity index (χ1v) is 9.94. The highest BCUT2D eigenvalue weighted by molar-refractivity contribution is 7.99. The topological polar surface area (TPSA) is 40.6 Å². The lowest BCUT2D eigenvalue weighted by Gasteiger charge is -2.25. The lowest BCUT2D eigenvalue weighted by Crippen LogP contribution is -2.35. The molecule has 2 atom stereocenters. The van der Waals surface area contributed by atoms with E-state index in [1.54, 1.807) is 0 Å². The van der Waals surface area contributed by atoms with Crippen molar-refractivity contribution < 1.29 is 9.59 Å². The highest BCUT2D eigenvalue weighted by Gasteiger charge is 2.30. The van der Waals surface area contributed by atoms with E-state index >= 15 is 0 Å². The van der Waals surface area contributed by atoms with Crippen molar-refractivity contribution in [2.45, 2.75) is 50.3 Å². The van der Waals surface area contributed by atoms with E-state index in [1.165, 1.54) is 6.42 Å². The van der Waals surface area contributed by atoms with Crippen LogP contribution in [0, 0.1) is 0 Å². The largest absolute Gasteiger partial charge is 0.339 e. The molecule has 0 bridgehead atoms. The molecule has 24 heavy (non-hydrogen) atoms. The summed E-state index contributed by atoms with van der Waals surface area (Å²) in [6.07, 6.45) is 4.95. The summed E-state index contributed by atoms with van der Waals surface area (Å²) in [5.41, 5.74) is 1.61. The van der Waals surface area contributed by atoms with E-state index in [9.17, 15) is 9.59 Å². The predicted molar refractivity (Wildman–Crippen MR) is 99.7 cm³/mol. The van der Waals surface area contributed by atoms with Gasteiger partial charge in [-0.15, -0.1) is 0 Å². The third-order valence-corrected chi connectivity index (χ3v) is 6.36. The van der Waals surface area contributed by atoms with Crippen molar-refractivity contribution in [3.8, 4) is 0 Å². The molecule has 3 rings (SSSR count). The zero-order valence-electron chi connectivity index (χ0n) is 14.5. The van der Waals surface area contributed by atoms with Crippen molar-refractivity contribution in [2.75, 3.05) is 24.2 Å². The molecule has 1 saturated heterocycles. The molecule has 1 aromatic carbocycles. The number of carbonyl (C=O) groups is 2. The van der Waals surface area contributed by atoms with E-state index in [-0.39, 0.29) is 11.8 Å². The second-order valence-corrected chi connectivity index (χ2v) is 8.23. The molecule has 1 aliphatic heterocycles. The zero-order chi connectivity index (χ0) is 17.1. The fourth-order valence-corrected chi connectivity index (χ4v) is 4.86. The van der Waals surface area contributed by atoms with Gasteiger partial charge in [0, 0.05) is 42.6 Å². The van der Waals surface area contributed by atoms with E-state index in [0.717, 1.165) is 37.2 Å². The molecule has 4 nitrogen and oxygen atoms in total. The van der Waals surface area contributed by atoms with Crippen LogP contribution in [-0.4, -0.2) is 47.4 Å². The highest BCUT2D eigenvalue weighted by atomic mass is 32.2. The lowest BCUT2D eigenvalue weighted by atomic mass is 10.1. The van der Waals surface area contributed by atoms with Crippen LogP contribution in [0.2, 0.25) is 0 Å². The van der Waals surface area contributed by atoms with Crippen LogP contribution in [-0.2, 0) is 4.79 Å². The van der Waals surface area contributed by atoms with Crippen LogP contribution in [0.15, 0.2) is 24.3 Å². The summed E-state index contributed by atoms with van der Waals surface area (Å²) in [4.78, 5) is 28.3. The number of thioether (sulfide) groups is 1. The first-order valence-electron chi connectivity index (χ1n) is 8.89. The molecule has 1 aliphatic carbocycles. The van der Waals surface area contributed by atoms with E-state index < -0.39 is 0 Å². The number of hydrogen-bond donors (Lipinski definition) is 0.